The number of urea groups is 1. The molecule has 0 saturated carbocycles. The molecule has 1 aliphatic heterocycles. The Labute approximate surface area is 149 Å². The van der Waals surface area contributed by atoms with Crippen molar-refractivity contribution in [1.29, 1.82) is 0 Å². The zero-order chi connectivity index (χ0) is 18.1. The normalized spacial score (nSPS) is 13.2. The van der Waals surface area contributed by atoms with E-state index in [1.807, 2.05) is 0 Å². The summed E-state index contributed by atoms with van der Waals surface area (Å²) in [5.74, 6) is -0.395. The van der Waals surface area contributed by atoms with Crippen LogP contribution in [0.1, 0.15) is 34.6 Å². The zero-order valence-electron chi connectivity index (χ0n) is 13.5. The monoisotopic (exact) mass is 358 g/mol. The van der Waals surface area contributed by atoms with Crippen molar-refractivity contribution >= 4 is 41.0 Å². The van der Waals surface area contributed by atoms with E-state index in [1.165, 1.54) is 29.3 Å². The molecule has 3 rings (SSSR count). The highest BCUT2D eigenvalue weighted by molar-refractivity contribution is 6.30. The Morgan fingerprint density at radius 1 is 1.08 bits per heavy atom. The lowest BCUT2D eigenvalue weighted by Gasteiger charge is -2.17. The van der Waals surface area contributed by atoms with Gasteiger partial charge in [0.05, 0.1) is 11.1 Å². The SMILES string of the molecule is CC(C)N1C(=O)c2ccc(NC(=O)Nc3cc(Cl)ccn3)cc2C1=O. The number of nitrogens with one attached hydrogen (secondary N) is 2. The summed E-state index contributed by atoms with van der Waals surface area (Å²) >= 11 is 5.84. The predicted molar refractivity (Wildman–Crippen MR) is 94.0 cm³/mol. The molecule has 2 heterocycles. The molecule has 1 aromatic heterocycles. The first-order chi connectivity index (χ1) is 11.9. The van der Waals surface area contributed by atoms with Crippen LogP contribution in [-0.4, -0.2) is 33.8 Å². The molecule has 2 N–H and O–H groups in total. The van der Waals surface area contributed by atoms with Gasteiger partial charge in [-0.25, -0.2) is 9.78 Å². The molecule has 1 aliphatic rings. The number of fused-ring (bicyclic) bond motifs is 1. The fraction of sp³-hybridized carbons (Fsp3) is 0.176. The van der Waals surface area contributed by atoms with Gasteiger partial charge < -0.3 is 5.32 Å². The Morgan fingerprint density at radius 3 is 2.48 bits per heavy atom. The number of carbonyl (C=O) groups excluding carboxylic acids is 3. The first-order valence-electron chi connectivity index (χ1n) is 7.58. The van der Waals surface area contributed by atoms with Crippen molar-refractivity contribution in [3.05, 3.63) is 52.7 Å². The number of pyridine rings is 1. The van der Waals surface area contributed by atoms with E-state index in [-0.39, 0.29) is 23.4 Å². The van der Waals surface area contributed by atoms with Crippen LogP contribution in [0, 0.1) is 0 Å². The molecule has 4 amide bonds. The number of rotatable bonds is 3. The average Bonchev–Trinajstić information content (AvgIpc) is 2.78. The van der Waals surface area contributed by atoms with Crippen LogP contribution < -0.4 is 10.6 Å². The highest BCUT2D eigenvalue weighted by Gasteiger charge is 2.37. The van der Waals surface area contributed by atoms with Crippen molar-refractivity contribution in [2.75, 3.05) is 10.6 Å². The highest BCUT2D eigenvalue weighted by atomic mass is 35.5. The summed E-state index contributed by atoms with van der Waals surface area (Å²) in [5, 5.41) is 5.59. The Balaban J connectivity index is 1.77. The topological polar surface area (TPSA) is 91.4 Å². The van der Waals surface area contributed by atoms with E-state index < -0.39 is 6.03 Å². The van der Waals surface area contributed by atoms with Crippen molar-refractivity contribution in [1.82, 2.24) is 9.88 Å². The van der Waals surface area contributed by atoms with Gasteiger partial charge in [-0.05, 0) is 44.2 Å². The molecular weight excluding hydrogens is 344 g/mol. The molecule has 0 radical (unpaired) electrons. The molecule has 0 bridgehead atoms. The van der Waals surface area contributed by atoms with Gasteiger partial charge in [0.1, 0.15) is 5.82 Å². The van der Waals surface area contributed by atoms with Crippen LogP contribution in [0.4, 0.5) is 16.3 Å². The van der Waals surface area contributed by atoms with E-state index in [1.54, 1.807) is 26.0 Å². The number of nitrogens with zero attached hydrogens (tertiary/aromatic N) is 2. The summed E-state index contributed by atoms with van der Waals surface area (Å²) in [6.07, 6.45) is 1.47. The molecule has 8 heteroatoms. The second-order valence-corrected chi connectivity index (χ2v) is 6.21. The number of amides is 4. The number of aromatic nitrogens is 1. The van der Waals surface area contributed by atoms with E-state index >= 15 is 0 Å². The summed E-state index contributed by atoms with van der Waals surface area (Å²) in [5.41, 5.74) is 1.00. The first kappa shape index (κ1) is 16.9. The third kappa shape index (κ3) is 3.32. The molecule has 1 aromatic carbocycles. The lowest BCUT2D eigenvalue weighted by Crippen LogP contribution is -2.35. The molecule has 128 valence electrons. The summed E-state index contributed by atoms with van der Waals surface area (Å²) in [6, 6.07) is 6.92. The minimum atomic E-state index is -0.535. The third-order valence-electron chi connectivity index (χ3n) is 3.66. The lowest BCUT2D eigenvalue weighted by atomic mass is 10.1. The predicted octanol–water partition coefficient (Wildman–Crippen LogP) is 3.38. The number of hydrogen-bond donors (Lipinski definition) is 2. The lowest BCUT2D eigenvalue weighted by molar-refractivity contribution is 0.0609. The van der Waals surface area contributed by atoms with Gasteiger partial charge in [0.2, 0.25) is 0 Å². The number of anilines is 2. The zero-order valence-corrected chi connectivity index (χ0v) is 14.3. The number of carbonyl (C=O) groups is 3. The minimum Gasteiger partial charge on any atom is -0.308 e. The molecule has 0 unspecified atom stereocenters. The van der Waals surface area contributed by atoms with Gasteiger partial charge in [0, 0.05) is 22.9 Å². The van der Waals surface area contributed by atoms with E-state index in [2.05, 4.69) is 15.6 Å². The first-order valence-corrected chi connectivity index (χ1v) is 7.96. The molecule has 0 fully saturated rings. The van der Waals surface area contributed by atoms with Crippen molar-refractivity contribution < 1.29 is 14.4 Å². The van der Waals surface area contributed by atoms with E-state index in [9.17, 15) is 14.4 Å². The van der Waals surface area contributed by atoms with E-state index in [4.69, 9.17) is 11.6 Å². The average molecular weight is 359 g/mol. The van der Waals surface area contributed by atoms with E-state index in [0.29, 0.717) is 22.1 Å². The summed E-state index contributed by atoms with van der Waals surface area (Å²) in [6.45, 7) is 3.54. The van der Waals surface area contributed by atoms with Gasteiger partial charge in [0.15, 0.2) is 0 Å². The van der Waals surface area contributed by atoms with Crippen LogP contribution in [0.3, 0.4) is 0 Å². The molecule has 7 nitrogen and oxygen atoms in total. The fourth-order valence-corrected chi connectivity index (χ4v) is 2.72. The van der Waals surface area contributed by atoms with Gasteiger partial charge >= 0.3 is 6.03 Å². The second kappa shape index (κ2) is 6.52. The number of benzene rings is 1. The molecule has 0 saturated heterocycles. The van der Waals surface area contributed by atoms with Crippen LogP contribution in [0.15, 0.2) is 36.5 Å². The van der Waals surface area contributed by atoms with E-state index in [0.717, 1.165) is 0 Å². The largest absolute Gasteiger partial charge is 0.324 e. The molecular formula is C17H15ClN4O3. The van der Waals surface area contributed by atoms with Crippen LogP contribution >= 0.6 is 11.6 Å². The maximum Gasteiger partial charge on any atom is 0.324 e. The Kier molecular flexibility index (Phi) is 4.41. The van der Waals surface area contributed by atoms with Crippen molar-refractivity contribution in [2.45, 2.75) is 19.9 Å². The Bertz CT molecular complexity index is 882. The number of halogens is 1. The second-order valence-electron chi connectivity index (χ2n) is 5.77. The van der Waals surface area contributed by atoms with Crippen LogP contribution in [0.25, 0.3) is 0 Å². The van der Waals surface area contributed by atoms with Gasteiger partial charge in [-0.2, -0.15) is 0 Å². The van der Waals surface area contributed by atoms with Gasteiger partial charge in [-0.15, -0.1) is 0 Å². The Morgan fingerprint density at radius 2 is 1.80 bits per heavy atom. The smallest absolute Gasteiger partial charge is 0.308 e. The van der Waals surface area contributed by atoms with Crippen LogP contribution in [0.2, 0.25) is 5.02 Å². The fourth-order valence-electron chi connectivity index (χ4n) is 2.56. The maximum absolute atomic E-state index is 12.4. The van der Waals surface area contributed by atoms with Crippen molar-refractivity contribution in [3.8, 4) is 0 Å². The van der Waals surface area contributed by atoms with Gasteiger partial charge in [-0.1, -0.05) is 11.6 Å². The minimum absolute atomic E-state index is 0.235. The quantitative estimate of drug-likeness (QED) is 0.823. The molecule has 0 atom stereocenters. The number of hydrogen-bond acceptors (Lipinski definition) is 4. The van der Waals surface area contributed by atoms with Gasteiger partial charge in [-0.3, -0.25) is 19.8 Å². The number of imide groups is 1. The van der Waals surface area contributed by atoms with Crippen molar-refractivity contribution in [3.63, 3.8) is 0 Å². The third-order valence-corrected chi connectivity index (χ3v) is 3.89. The maximum atomic E-state index is 12.4. The molecule has 2 aromatic rings. The molecule has 0 spiro atoms. The standard InChI is InChI=1S/C17H15ClN4O3/c1-9(2)22-15(23)12-4-3-11(8-13(12)16(22)24)20-17(25)21-14-7-10(18)5-6-19-14/h3-9H,1-2H3,(H2,19,20,21,25). The summed E-state index contributed by atoms with van der Waals surface area (Å²) < 4.78 is 0. The highest BCUT2D eigenvalue weighted by Crippen LogP contribution is 2.27. The molecule has 25 heavy (non-hydrogen) atoms. The summed E-state index contributed by atoms with van der Waals surface area (Å²) in [4.78, 5) is 41.8. The van der Waals surface area contributed by atoms with Gasteiger partial charge in [0.25, 0.3) is 11.8 Å². The Hall–Kier alpha value is -2.93. The molecule has 0 aliphatic carbocycles. The summed E-state index contributed by atoms with van der Waals surface area (Å²) in [7, 11) is 0. The van der Waals surface area contributed by atoms with Crippen LogP contribution in [0.5, 0.6) is 0 Å². The van der Waals surface area contributed by atoms with Crippen LogP contribution in [-0.2, 0) is 0 Å². The van der Waals surface area contributed by atoms with Crippen molar-refractivity contribution in [2.24, 2.45) is 0 Å².